The molecule has 4 aliphatic carbocycles. The van der Waals surface area contributed by atoms with E-state index in [1.165, 1.54) is 0 Å². The summed E-state index contributed by atoms with van der Waals surface area (Å²) in [5.74, 6) is -2.08. The van der Waals surface area contributed by atoms with E-state index in [4.69, 9.17) is 16.3 Å². The van der Waals surface area contributed by atoms with Crippen LogP contribution in [0.1, 0.15) is 71.5 Å². The number of fused-ring (bicyclic) bond motifs is 5. The number of carbonyl (C=O) groups excluding carboxylic acids is 1. The second-order valence-corrected chi connectivity index (χ2v) is 10.4. The zero-order valence-electron chi connectivity index (χ0n) is 23.1. The number of rotatable bonds is 3. The molecule has 32 heavy (non-hydrogen) atoms. The van der Waals surface area contributed by atoms with Gasteiger partial charge in [0.1, 0.15) is 24.1 Å². The van der Waals surface area contributed by atoms with Gasteiger partial charge >= 0.3 is 5.97 Å². The first-order valence-corrected chi connectivity index (χ1v) is 11.7. The van der Waals surface area contributed by atoms with Crippen LogP contribution >= 0.6 is 0 Å². The van der Waals surface area contributed by atoms with Gasteiger partial charge in [-0.25, -0.2) is 4.79 Å². The van der Waals surface area contributed by atoms with Crippen LogP contribution < -0.4 is 0 Å². The number of ketones is 1. The maximum atomic E-state index is 12.6. The van der Waals surface area contributed by atoms with Gasteiger partial charge in [-0.05, 0) is 80.9 Å². The summed E-state index contributed by atoms with van der Waals surface area (Å²) in [5, 5.41) is 39.8. The van der Waals surface area contributed by atoms with Crippen molar-refractivity contribution in [1.82, 2.24) is 0 Å². The van der Waals surface area contributed by atoms with E-state index >= 15 is 0 Å². The highest BCUT2D eigenvalue weighted by molar-refractivity contribution is 5.87. The first-order valence-electron chi connectivity index (χ1n) is 14.2. The summed E-state index contributed by atoms with van der Waals surface area (Å²) in [7, 11) is 0. The molecule has 0 unspecified atom stereocenters. The van der Waals surface area contributed by atoms with Gasteiger partial charge in [0.2, 0.25) is 0 Å². The van der Waals surface area contributed by atoms with Crippen LogP contribution in [0.2, 0.25) is 0 Å². The number of Topliss-reactive ketones (excluding diaryl/α,β-unsaturated/α-hetero) is 1. The van der Waals surface area contributed by atoms with Crippen LogP contribution in [0.4, 0.5) is 0 Å². The first kappa shape index (κ1) is 17.4. The number of carbonyl (C=O) groups is 2. The van der Waals surface area contributed by atoms with Crippen molar-refractivity contribution < 1.29 is 46.3 Å². The minimum atomic E-state index is -2.89. The summed E-state index contributed by atoms with van der Waals surface area (Å²) in [5.41, 5.74) is -0.371. The molecular weight excluding hydrogens is 416 g/mol. The second kappa shape index (κ2) is 8.31. The van der Waals surface area contributed by atoms with E-state index in [2.05, 4.69) is 0 Å². The van der Waals surface area contributed by atoms with Gasteiger partial charge in [0, 0.05) is 17.3 Å². The lowest BCUT2D eigenvalue weighted by molar-refractivity contribution is -0.308. The third-order valence-corrected chi connectivity index (χ3v) is 8.94. The number of carboxylic acids is 1. The standard InChI is InChI=1S/C24H36O8/c1-24-9-8-14-13-5-3-12(10-11(13)2-4-15(14)16(24)6-7-17(24)25)31-23-20(28)18(26)19(27)21(32-23)22(29)30/h11-16,18-21,23,26-28H,2-10H2,1H3,(H,29,30)/t11-,12-,13+,14-,15-,16+,18+,19+,20-,21+,23-,24+/m1/s1/i3D2,10D2,12D. The average Bonchev–Trinajstić information content (AvgIpc) is 3.12. The van der Waals surface area contributed by atoms with Gasteiger partial charge in [-0.15, -0.1) is 0 Å². The molecule has 0 aromatic heterocycles. The lowest BCUT2D eigenvalue weighted by atomic mass is 9.50. The molecule has 12 atom stereocenters. The number of hydrogen-bond donors (Lipinski definition) is 4. The Kier molecular flexibility index (Phi) is 4.51. The van der Waals surface area contributed by atoms with E-state index in [-0.39, 0.29) is 41.3 Å². The van der Waals surface area contributed by atoms with Crippen LogP contribution in [0.5, 0.6) is 0 Å². The lowest BCUT2D eigenvalue weighted by Gasteiger charge is -2.55. The molecule has 180 valence electrons. The molecule has 1 aliphatic heterocycles. The molecule has 1 heterocycles. The maximum absolute atomic E-state index is 12.6. The van der Waals surface area contributed by atoms with E-state index in [0.29, 0.717) is 32.1 Å². The van der Waals surface area contributed by atoms with Gasteiger partial charge in [0.25, 0.3) is 0 Å². The van der Waals surface area contributed by atoms with Crippen molar-refractivity contribution >= 4 is 11.8 Å². The molecule has 4 saturated carbocycles. The largest absolute Gasteiger partial charge is 0.479 e. The Morgan fingerprint density at radius 2 is 1.88 bits per heavy atom. The Hall–Kier alpha value is -1.06. The predicted molar refractivity (Wildman–Crippen MR) is 111 cm³/mol. The van der Waals surface area contributed by atoms with Crippen molar-refractivity contribution in [3.63, 3.8) is 0 Å². The third kappa shape index (κ3) is 3.54. The van der Waals surface area contributed by atoms with Gasteiger partial charge in [0.05, 0.1) is 7.45 Å². The Morgan fingerprint density at radius 1 is 1.09 bits per heavy atom. The maximum Gasteiger partial charge on any atom is 0.335 e. The van der Waals surface area contributed by atoms with Crippen molar-refractivity contribution in [2.24, 2.45) is 35.0 Å². The zero-order chi connectivity index (χ0) is 27.3. The van der Waals surface area contributed by atoms with Crippen molar-refractivity contribution in [2.75, 3.05) is 0 Å². The van der Waals surface area contributed by atoms with E-state index < -0.39 is 61.4 Å². The van der Waals surface area contributed by atoms with Crippen molar-refractivity contribution in [3.8, 4) is 0 Å². The highest BCUT2D eigenvalue weighted by Crippen LogP contribution is 2.61. The highest BCUT2D eigenvalue weighted by atomic mass is 16.7. The monoisotopic (exact) mass is 457 g/mol. The smallest absolute Gasteiger partial charge is 0.335 e. The third-order valence-electron chi connectivity index (χ3n) is 8.94. The van der Waals surface area contributed by atoms with Gasteiger partial charge in [-0.1, -0.05) is 6.92 Å². The highest BCUT2D eigenvalue weighted by Gasteiger charge is 2.57. The molecule has 5 fully saturated rings. The van der Waals surface area contributed by atoms with Crippen LogP contribution in [0.3, 0.4) is 0 Å². The summed E-state index contributed by atoms with van der Waals surface area (Å²) < 4.78 is 55.2. The molecule has 5 rings (SSSR count). The number of aliphatic hydroxyl groups is 3. The van der Waals surface area contributed by atoms with Crippen molar-refractivity contribution in [3.05, 3.63) is 0 Å². The molecule has 0 aromatic carbocycles. The molecule has 8 heteroatoms. The first-order chi connectivity index (χ1) is 17.1. The van der Waals surface area contributed by atoms with Crippen LogP contribution in [0.15, 0.2) is 0 Å². The molecule has 0 radical (unpaired) electrons. The second-order valence-electron chi connectivity index (χ2n) is 10.4. The topological polar surface area (TPSA) is 134 Å². The zero-order valence-corrected chi connectivity index (χ0v) is 18.1. The predicted octanol–water partition coefficient (Wildman–Crippen LogP) is 1.49. The van der Waals surface area contributed by atoms with E-state index in [1.54, 1.807) is 0 Å². The summed E-state index contributed by atoms with van der Waals surface area (Å²) in [6.45, 7) is 2.03. The van der Waals surface area contributed by atoms with Crippen molar-refractivity contribution in [1.29, 1.82) is 0 Å². The molecule has 0 bridgehead atoms. The fourth-order valence-corrected chi connectivity index (χ4v) is 7.16. The van der Waals surface area contributed by atoms with Gasteiger partial charge in [0.15, 0.2) is 12.4 Å². The minimum absolute atomic E-state index is 0.0160. The molecular formula is C24H36O8. The van der Waals surface area contributed by atoms with Crippen LogP contribution in [0.25, 0.3) is 0 Å². The summed E-state index contributed by atoms with van der Waals surface area (Å²) >= 11 is 0. The Bertz CT molecular complexity index is 965. The lowest BCUT2D eigenvalue weighted by Crippen LogP contribution is -2.61. The molecule has 0 amide bonds. The fourth-order valence-electron chi connectivity index (χ4n) is 7.16. The van der Waals surface area contributed by atoms with Crippen LogP contribution in [-0.4, -0.2) is 69.0 Å². The summed E-state index contributed by atoms with van der Waals surface area (Å²) in [6, 6.07) is 0. The quantitative estimate of drug-likeness (QED) is 0.469. The van der Waals surface area contributed by atoms with Crippen LogP contribution in [0, 0.1) is 35.0 Å². The van der Waals surface area contributed by atoms with Crippen LogP contribution in [-0.2, 0) is 19.1 Å². The SMILES string of the molecule is [2H]C1([2H])C[C@@H]2[C@H]3CC[C@]4(C)C(=O)CC[C@H]4[C@@H]3CC[C@@H]2C([2H])([2H])[C@]1([2H])O[C@@H]1O[C@H](C(=O)O)[C@@H](O)[C@H](O)[C@H]1O. The number of carboxylic acid groups (broad SMARTS) is 1. The Morgan fingerprint density at radius 3 is 2.62 bits per heavy atom. The molecule has 1 saturated heterocycles. The molecule has 8 nitrogen and oxygen atoms in total. The Labute approximate surface area is 195 Å². The normalized spacial score (nSPS) is 61.0. The molecule has 0 spiro atoms. The average molecular weight is 458 g/mol. The fraction of sp³-hybridized carbons (Fsp3) is 0.917. The Balaban J connectivity index is 1.43. The number of aliphatic carboxylic acids is 1. The van der Waals surface area contributed by atoms with Gasteiger partial charge in [-0.3, -0.25) is 4.79 Å². The molecule has 4 N–H and O–H groups in total. The summed E-state index contributed by atoms with van der Waals surface area (Å²) in [4.78, 5) is 24.1. The van der Waals surface area contributed by atoms with Crippen molar-refractivity contribution in [2.45, 2.75) is 101 Å². The van der Waals surface area contributed by atoms with E-state index in [1.807, 2.05) is 6.92 Å². The number of ether oxygens (including phenoxy) is 2. The molecule has 5 aliphatic rings. The minimum Gasteiger partial charge on any atom is -0.479 e. The van der Waals surface area contributed by atoms with Gasteiger partial charge < -0.3 is 29.9 Å². The number of aliphatic hydroxyl groups excluding tert-OH is 3. The number of hydrogen-bond acceptors (Lipinski definition) is 7. The van der Waals surface area contributed by atoms with E-state index in [9.17, 15) is 30.0 Å². The summed E-state index contributed by atoms with van der Waals surface area (Å²) in [6.07, 6.45) is -14.5. The molecule has 0 aromatic rings. The van der Waals surface area contributed by atoms with E-state index in [0.717, 1.165) is 6.42 Å². The van der Waals surface area contributed by atoms with Gasteiger partial charge in [-0.2, -0.15) is 0 Å².